The van der Waals surface area contributed by atoms with E-state index >= 15 is 0 Å². The zero-order valence-corrected chi connectivity index (χ0v) is 9.38. The normalized spacial score (nSPS) is 11.1. The van der Waals surface area contributed by atoms with E-state index in [-0.39, 0.29) is 11.2 Å². The Bertz CT molecular complexity index is 636. The molecule has 0 aliphatic heterocycles. The molecule has 7 heteroatoms. The van der Waals surface area contributed by atoms with Crippen molar-refractivity contribution in [3.8, 4) is 0 Å². The van der Waals surface area contributed by atoms with Crippen LogP contribution in [0.25, 0.3) is 11.2 Å². The Kier molecular flexibility index (Phi) is 2.18. The number of nitrogens with zero attached hydrogens (tertiary/aromatic N) is 3. The Morgan fingerprint density at radius 2 is 1.93 bits per heavy atom. The number of imidazole rings is 1. The van der Waals surface area contributed by atoms with Gasteiger partial charge in [0.2, 0.25) is 0 Å². The zero-order valence-electron chi connectivity index (χ0n) is 8.57. The fourth-order valence-electron chi connectivity index (χ4n) is 1.40. The van der Waals surface area contributed by atoms with E-state index in [0.717, 1.165) is 4.57 Å². The molecule has 2 rings (SSSR count). The number of aromatic nitrogens is 4. The lowest BCUT2D eigenvalue weighted by Gasteiger charge is -2.00. The van der Waals surface area contributed by atoms with Gasteiger partial charge in [-0.05, 0) is 6.26 Å². The molecule has 0 fully saturated rings. The van der Waals surface area contributed by atoms with Crippen molar-refractivity contribution in [2.24, 2.45) is 14.1 Å². The Hall–Kier alpha value is -1.50. The second-order valence-electron chi connectivity index (χ2n) is 3.15. The number of H-pyrrole nitrogens is 1. The van der Waals surface area contributed by atoms with Gasteiger partial charge in [-0.2, -0.15) is 0 Å². The molecule has 0 saturated carbocycles. The molecule has 2 aromatic rings. The van der Waals surface area contributed by atoms with Crippen LogP contribution in [0.4, 0.5) is 0 Å². The fourth-order valence-corrected chi connectivity index (χ4v) is 1.78. The van der Waals surface area contributed by atoms with Crippen LogP contribution in [-0.4, -0.2) is 25.4 Å². The van der Waals surface area contributed by atoms with Gasteiger partial charge in [-0.1, -0.05) is 11.8 Å². The molecule has 0 aliphatic carbocycles. The minimum absolute atomic E-state index is 0.346. The second kappa shape index (κ2) is 3.27. The number of hydrogen-bond donors (Lipinski definition) is 1. The molecule has 0 unspecified atom stereocenters. The van der Waals surface area contributed by atoms with Gasteiger partial charge in [0.25, 0.3) is 5.56 Å². The van der Waals surface area contributed by atoms with E-state index in [2.05, 4.69) is 9.97 Å². The highest BCUT2D eigenvalue weighted by Gasteiger charge is 2.12. The number of rotatable bonds is 1. The maximum Gasteiger partial charge on any atom is 0.332 e. The Balaban J connectivity index is 3.04. The first-order valence-electron chi connectivity index (χ1n) is 4.26. The van der Waals surface area contributed by atoms with Crippen molar-refractivity contribution in [1.82, 2.24) is 19.1 Å². The number of nitrogens with one attached hydrogen (secondary N) is 1. The third kappa shape index (κ3) is 1.30. The lowest BCUT2D eigenvalue weighted by molar-refractivity contribution is 0.708. The third-order valence-electron chi connectivity index (χ3n) is 2.27. The summed E-state index contributed by atoms with van der Waals surface area (Å²) in [6, 6.07) is 0. The van der Waals surface area contributed by atoms with Crippen LogP contribution in [0.15, 0.2) is 14.7 Å². The van der Waals surface area contributed by atoms with Gasteiger partial charge in [0.15, 0.2) is 16.3 Å². The first kappa shape index (κ1) is 10.0. The lowest BCUT2D eigenvalue weighted by Crippen LogP contribution is -2.36. The number of aryl methyl sites for hydroxylation is 1. The summed E-state index contributed by atoms with van der Waals surface area (Å²) in [5.41, 5.74) is 0.0453. The summed E-state index contributed by atoms with van der Waals surface area (Å²) in [6.07, 6.45) is 1.85. The fraction of sp³-hybridized carbons (Fsp3) is 0.375. The Morgan fingerprint density at radius 3 is 2.53 bits per heavy atom. The third-order valence-corrected chi connectivity index (χ3v) is 2.85. The molecule has 6 nitrogen and oxygen atoms in total. The number of hydrogen-bond acceptors (Lipinski definition) is 4. The molecule has 0 amide bonds. The van der Waals surface area contributed by atoms with E-state index in [1.54, 1.807) is 7.05 Å². The van der Waals surface area contributed by atoms with Gasteiger partial charge in [0, 0.05) is 14.1 Å². The minimum atomic E-state index is -0.369. The predicted molar refractivity (Wildman–Crippen MR) is 58.4 cm³/mol. The monoisotopic (exact) mass is 226 g/mol. The molecule has 0 aliphatic rings. The number of fused-ring (bicyclic) bond motifs is 1. The van der Waals surface area contributed by atoms with Crippen molar-refractivity contribution < 1.29 is 0 Å². The first-order valence-corrected chi connectivity index (χ1v) is 5.48. The average Bonchev–Trinajstić information content (AvgIpc) is 2.67. The van der Waals surface area contributed by atoms with Crippen molar-refractivity contribution in [3.63, 3.8) is 0 Å². The quantitative estimate of drug-likeness (QED) is 0.676. The molecule has 80 valence electrons. The van der Waals surface area contributed by atoms with Crippen LogP contribution in [0.2, 0.25) is 0 Å². The maximum atomic E-state index is 11.7. The Labute approximate surface area is 88.9 Å². The smallest absolute Gasteiger partial charge is 0.327 e. The van der Waals surface area contributed by atoms with E-state index in [9.17, 15) is 9.59 Å². The van der Waals surface area contributed by atoms with E-state index < -0.39 is 0 Å². The van der Waals surface area contributed by atoms with Gasteiger partial charge in [-0.3, -0.25) is 13.9 Å². The summed E-state index contributed by atoms with van der Waals surface area (Å²) in [5, 5.41) is 0.628. The molecule has 0 aromatic carbocycles. The van der Waals surface area contributed by atoms with Gasteiger partial charge in [0.1, 0.15) is 0 Å². The van der Waals surface area contributed by atoms with E-state index in [4.69, 9.17) is 0 Å². The molecular weight excluding hydrogens is 216 g/mol. The van der Waals surface area contributed by atoms with Crippen molar-refractivity contribution in [1.29, 1.82) is 0 Å². The summed E-state index contributed by atoms with van der Waals surface area (Å²) in [4.78, 5) is 30.3. The van der Waals surface area contributed by atoms with Crippen LogP contribution in [0.1, 0.15) is 0 Å². The predicted octanol–water partition coefficient (Wildman–Crippen LogP) is -0.318. The van der Waals surface area contributed by atoms with Gasteiger partial charge < -0.3 is 4.98 Å². The summed E-state index contributed by atoms with van der Waals surface area (Å²) in [5.74, 6) is 0. The summed E-state index contributed by atoms with van der Waals surface area (Å²) in [6.45, 7) is 0. The highest BCUT2D eigenvalue weighted by atomic mass is 32.2. The average molecular weight is 226 g/mol. The molecular formula is C8H10N4O2S. The summed E-state index contributed by atoms with van der Waals surface area (Å²) < 4.78 is 2.41. The Morgan fingerprint density at radius 1 is 1.27 bits per heavy atom. The maximum absolute atomic E-state index is 11.7. The van der Waals surface area contributed by atoms with Gasteiger partial charge >= 0.3 is 5.69 Å². The lowest BCUT2D eigenvalue weighted by atomic mass is 10.5. The highest BCUT2D eigenvalue weighted by molar-refractivity contribution is 7.98. The van der Waals surface area contributed by atoms with Gasteiger partial charge in [0.05, 0.1) is 0 Å². The first-order chi connectivity index (χ1) is 7.06. The zero-order chi connectivity index (χ0) is 11.2. The van der Waals surface area contributed by atoms with Crippen LogP contribution in [0, 0.1) is 0 Å². The van der Waals surface area contributed by atoms with Crippen LogP contribution in [0.5, 0.6) is 0 Å². The van der Waals surface area contributed by atoms with E-state index in [1.165, 1.54) is 23.4 Å². The second-order valence-corrected chi connectivity index (χ2v) is 3.95. The molecule has 1 N–H and O–H groups in total. The molecule has 15 heavy (non-hydrogen) atoms. The molecule has 2 heterocycles. The molecule has 2 aromatic heterocycles. The molecule has 0 saturated heterocycles. The van der Waals surface area contributed by atoms with Crippen LogP contribution in [0.3, 0.4) is 0 Å². The van der Waals surface area contributed by atoms with Gasteiger partial charge in [-0.25, -0.2) is 9.78 Å². The molecule has 0 atom stereocenters. The van der Waals surface area contributed by atoms with Crippen molar-refractivity contribution in [3.05, 3.63) is 20.8 Å². The van der Waals surface area contributed by atoms with E-state index in [0.29, 0.717) is 16.3 Å². The van der Waals surface area contributed by atoms with Crippen LogP contribution < -0.4 is 11.2 Å². The minimum Gasteiger partial charge on any atom is -0.327 e. The van der Waals surface area contributed by atoms with Crippen LogP contribution in [-0.2, 0) is 14.1 Å². The van der Waals surface area contributed by atoms with Crippen molar-refractivity contribution in [2.45, 2.75) is 5.16 Å². The van der Waals surface area contributed by atoms with Gasteiger partial charge in [-0.15, -0.1) is 0 Å². The SMILES string of the molecule is CSc1nc2c([nH]1)c(=O)n(C)c(=O)n2C. The number of aromatic amines is 1. The van der Waals surface area contributed by atoms with Crippen molar-refractivity contribution >= 4 is 22.9 Å². The number of thioether (sulfide) groups is 1. The highest BCUT2D eigenvalue weighted by Crippen LogP contribution is 2.12. The summed E-state index contributed by atoms with van der Waals surface area (Å²) >= 11 is 1.39. The molecule has 0 radical (unpaired) electrons. The van der Waals surface area contributed by atoms with Crippen molar-refractivity contribution in [2.75, 3.05) is 6.26 Å². The molecule has 0 bridgehead atoms. The van der Waals surface area contributed by atoms with E-state index in [1.807, 2.05) is 6.26 Å². The summed E-state index contributed by atoms with van der Waals surface area (Å²) in [7, 11) is 3.04. The molecule has 0 spiro atoms. The largest absolute Gasteiger partial charge is 0.332 e. The van der Waals surface area contributed by atoms with Crippen LogP contribution >= 0.6 is 11.8 Å². The topological polar surface area (TPSA) is 72.7 Å². The standard InChI is InChI=1S/C8H10N4O2S/c1-11-5-4(9-7(10-5)15-3)6(13)12(2)8(11)14/h1-3H3,(H,9,10).